The molecule has 0 unspecified atom stereocenters. The third-order valence-electron chi connectivity index (χ3n) is 4.80. The monoisotopic (exact) mass is 355 g/mol. The SMILES string of the molecule is COc1c[nH]c(C(=O)NCC[C@@H]2CCN(Cc3ccccc3)C2)cc1=O. The molecular formula is C20H25N3O3. The van der Waals surface area contributed by atoms with Crippen LogP contribution in [0.15, 0.2) is 47.4 Å². The Labute approximate surface area is 153 Å². The fraction of sp³-hybridized carbons (Fsp3) is 0.400. The van der Waals surface area contributed by atoms with E-state index in [9.17, 15) is 9.59 Å². The van der Waals surface area contributed by atoms with Gasteiger partial charge in [-0.25, -0.2) is 0 Å². The molecular weight excluding hydrogens is 330 g/mol. The zero-order valence-electron chi connectivity index (χ0n) is 15.0. The van der Waals surface area contributed by atoms with Crippen LogP contribution in [0, 0.1) is 5.92 Å². The van der Waals surface area contributed by atoms with Crippen LogP contribution in [0.4, 0.5) is 0 Å². The maximum absolute atomic E-state index is 12.1. The molecule has 0 spiro atoms. The number of pyridine rings is 1. The second-order valence-corrected chi connectivity index (χ2v) is 6.70. The summed E-state index contributed by atoms with van der Waals surface area (Å²) in [6.07, 6.45) is 3.51. The average molecular weight is 355 g/mol. The second-order valence-electron chi connectivity index (χ2n) is 6.70. The van der Waals surface area contributed by atoms with E-state index in [-0.39, 0.29) is 22.8 Å². The third kappa shape index (κ3) is 4.73. The van der Waals surface area contributed by atoms with Gasteiger partial charge in [-0.2, -0.15) is 0 Å². The summed E-state index contributed by atoms with van der Waals surface area (Å²) in [5.74, 6) is 0.531. The molecule has 1 aliphatic heterocycles. The van der Waals surface area contributed by atoms with Gasteiger partial charge in [-0.15, -0.1) is 0 Å². The molecule has 2 N–H and O–H groups in total. The fourth-order valence-corrected chi connectivity index (χ4v) is 3.37. The number of benzene rings is 1. The second kappa shape index (κ2) is 8.67. The summed E-state index contributed by atoms with van der Waals surface area (Å²) >= 11 is 0. The molecule has 0 radical (unpaired) electrons. The molecule has 1 saturated heterocycles. The number of hydrogen-bond acceptors (Lipinski definition) is 4. The van der Waals surface area contributed by atoms with Gasteiger partial charge in [-0.3, -0.25) is 14.5 Å². The van der Waals surface area contributed by atoms with E-state index >= 15 is 0 Å². The van der Waals surface area contributed by atoms with Crippen molar-refractivity contribution in [3.8, 4) is 5.75 Å². The topological polar surface area (TPSA) is 74.4 Å². The predicted octanol–water partition coefficient (Wildman–Crippen LogP) is 2.03. The third-order valence-corrected chi connectivity index (χ3v) is 4.80. The van der Waals surface area contributed by atoms with Crippen molar-refractivity contribution >= 4 is 5.91 Å². The zero-order chi connectivity index (χ0) is 18.4. The molecule has 0 saturated carbocycles. The number of aromatic amines is 1. The number of amides is 1. The van der Waals surface area contributed by atoms with Crippen LogP contribution >= 0.6 is 0 Å². The smallest absolute Gasteiger partial charge is 0.267 e. The molecule has 2 aromatic rings. The number of hydrogen-bond donors (Lipinski definition) is 2. The normalized spacial score (nSPS) is 17.2. The Bertz CT molecular complexity index is 788. The van der Waals surface area contributed by atoms with Gasteiger partial charge < -0.3 is 15.0 Å². The van der Waals surface area contributed by atoms with Gasteiger partial charge in [0, 0.05) is 31.9 Å². The standard InChI is InChI=1S/C20H25N3O3/c1-26-19-12-22-17(11-18(19)24)20(25)21-9-7-16-8-10-23(14-16)13-15-5-3-2-4-6-15/h2-6,11-12,16H,7-10,13-14H2,1H3,(H,21,25)(H,22,24)/t16-/m1/s1. The van der Waals surface area contributed by atoms with Crippen LogP contribution in [0.5, 0.6) is 5.75 Å². The Morgan fingerprint density at radius 3 is 2.88 bits per heavy atom. The Morgan fingerprint density at radius 2 is 2.15 bits per heavy atom. The van der Waals surface area contributed by atoms with Crippen molar-refractivity contribution in [1.82, 2.24) is 15.2 Å². The lowest BCUT2D eigenvalue weighted by molar-refractivity contribution is 0.0946. The molecule has 1 amide bonds. The first kappa shape index (κ1) is 18.2. The molecule has 1 fully saturated rings. The molecule has 2 heterocycles. The summed E-state index contributed by atoms with van der Waals surface area (Å²) in [5, 5.41) is 2.89. The summed E-state index contributed by atoms with van der Waals surface area (Å²) in [6, 6.07) is 11.8. The van der Waals surface area contributed by atoms with Gasteiger partial charge in [0.25, 0.3) is 5.91 Å². The molecule has 0 bridgehead atoms. The van der Waals surface area contributed by atoms with Gasteiger partial charge in [0.2, 0.25) is 5.43 Å². The van der Waals surface area contributed by atoms with Crippen LogP contribution in [0.25, 0.3) is 0 Å². The summed E-state index contributed by atoms with van der Waals surface area (Å²) in [4.78, 5) is 29.1. The summed E-state index contributed by atoms with van der Waals surface area (Å²) in [6.45, 7) is 3.75. The van der Waals surface area contributed by atoms with E-state index in [4.69, 9.17) is 4.74 Å². The molecule has 1 aliphatic rings. The minimum Gasteiger partial charge on any atom is -0.491 e. The molecule has 1 atom stereocenters. The van der Waals surface area contributed by atoms with Crippen LogP contribution in [-0.4, -0.2) is 42.5 Å². The average Bonchev–Trinajstić information content (AvgIpc) is 3.09. The van der Waals surface area contributed by atoms with Gasteiger partial charge in [0.15, 0.2) is 5.75 Å². The fourth-order valence-electron chi connectivity index (χ4n) is 3.37. The van der Waals surface area contributed by atoms with E-state index in [0.29, 0.717) is 12.5 Å². The van der Waals surface area contributed by atoms with Crippen LogP contribution < -0.4 is 15.5 Å². The van der Waals surface area contributed by atoms with Gasteiger partial charge in [0.1, 0.15) is 5.69 Å². The van der Waals surface area contributed by atoms with Crippen molar-refractivity contribution in [2.75, 3.05) is 26.7 Å². The molecule has 1 aromatic carbocycles. The van der Waals surface area contributed by atoms with E-state index in [1.807, 2.05) is 6.07 Å². The van der Waals surface area contributed by atoms with E-state index in [1.54, 1.807) is 0 Å². The quantitative estimate of drug-likeness (QED) is 0.797. The zero-order valence-corrected chi connectivity index (χ0v) is 15.0. The maximum Gasteiger partial charge on any atom is 0.267 e. The number of methoxy groups -OCH3 is 1. The number of rotatable bonds is 7. The molecule has 1 aromatic heterocycles. The number of H-pyrrole nitrogens is 1. The first-order chi connectivity index (χ1) is 12.7. The van der Waals surface area contributed by atoms with E-state index in [1.165, 1.54) is 24.9 Å². The minimum atomic E-state index is -0.302. The van der Waals surface area contributed by atoms with Crippen molar-refractivity contribution in [3.63, 3.8) is 0 Å². The highest BCUT2D eigenvalue weighted by Gasteiger charge is 2.22. The molecule has 6 nitrogen and oxygen atoms in total. The van der Waals surface area contributed by atoms with Crippen LogP contribution in [-0.2, 0) is 6.54 Å². The number of nitrogens with zero attached hydrogens (tertiary/aromatic N) is 1. The van der Waals surface area contributed by atoms with Crippen molar-refractivity contribution in [2.45, 2.75) is 19.4 Å². The number of carbonyl (C=O) groups is 1. The first-order valence-corrected chi connectivity index (χ1v) is 8.97. The van der Waals surface area contributed by atoms with Crippen molar-refractivity contribution in [3.05, 3.63) is 64.1 Å². The number of nitrogens with one attached hydrogen (secondary N) is 2. The van der Waals surface area contributed by atoms with Gasteiger partial charge in [-0.1, -0.05) is 30.3 Å². The lowest BCUT2D eigenvalue weighted by Crippen LogP contribution is -2.28. The molecule has 3 rings (SSSR count). The van der Waals surface area contributed by atoms with Gasteiger partial charge >= 0.3 is 0 Å². The molecule has 6 heteroatoms. The van der Waals surface area contributed by atoms with Gasteiger partial charge in [0.05, 0.1) is 7.11 Å². The maximum atomic E-state index is 12.1. The highest BCUT2D eigenvalue weighted by atomic mass is 16.5. The van der Waals surface area contributed by atoms with Gasteiger partial charge in [-0.05, 0) is 30.9 Å². The lowest BCUT2D eigenvalue weighted by Gasteiger charge is -2.16. The number of carbonyl (C=O) groups excluding carboxylic acids is 1. The summed E-state index contributed by atoms with van der Waals surface area (Å²) < 4.78 is 4.90. The molecule has 26 heavy (non-hydrogen) atoms. The molecule has 138 valence electrons. The molecule has 0 aliphatic carbocycles. The van der Waals surface area contributed by atoms with Crippen LogP contribution in [0.1, 0.15) is 28.9 Å². The Kier molecular flexibility index (Phi) is 6.07. The summed E-state index contributed by atoms with van der Waals surface area (Å²) in [5.41, 5.74) is 1.29. The lowest BCUT2D eigenvalue weighted by atomic mass is 10.1. The van der Waals surface area contributed by atoms with Crippen molar-refractivity contribution in [1.29, 1.82) is 0 Å². The summed E-state index contributed by atoms with van der Waals surface area (Å²) in [7, 11) is 1.42. The highest BCUT2D eigenvalue weighted by molar-refractivity contribution is 5.92. The van der Waals surface area contributed by atoms with E-state index in [2.05, 4.69) is 39.5 Å². The van der Waals surface area contributed by atoms with Crippen molar-refractivity contribution < 1.29 is 9.53 Å². The largest absolute Gasteiger partial charge is 0.491 e. The number of aromatic nitrogens is 1. The van der Waals surface area contributed by atoms with Crippen LogP contribution in [0.3, 0.4) is 0 Å². The van der Waals surface area contributed by atoms with Crippen LogP contribution in [0.2, 0.25) is 0 Å². The van der Waals surface area contributed by atoms with Crippen molar-refractivity contribution in [2.24, 2.45) is 5.92 Å². The number of likely N-dealkylation sites (tertiary alicyclic amines) is 1. The predicted molar refractivity (Wildman–Crippen MR) is 100 cm³/mol. The highest BCUT2D eigenvalue weighted by Crippen LogP contribution is 2.21. The Balaban J connectivity index is 1.42. The first-order valence-electron chi connectivity index (χ1n) is 8.97. The Morgan fingerprint density at radius 1 is 1.35 bits per heavy atom. The van der Waals surface area contributed by atoms with E-state index in [0.717, 1.165) is 32.5 Å². The minimum absolute atomic E-state index is 0.200. The Hall–Kier alpha value is -2.60. The van der Waals surface area contributed by atoms with E-state index < -0.39 is 0 Å². The number of ether oxygens (including phenoxy) is 1.